The van der Waals surface area contributed by atoms with Gasteiger partial charge in [-0.2, -0.15) is 5.10 Å². The molecule has 1 saturated heterocycles. The average molecular weight is 401 g/mol. The van der Waals surface area contributed by atoms with Crippen molar-refractivity contribution in [2.45, 2.75) is 39.8 Å². The minimum Gasteiger partial charge on any atom is -0.465 e. The van der Waals surface area contributed by atoms with Crippen LogP contribution in [-0.2, 0) is 16.1 Å². The van der Waals surface area contributed by atoms with Crippen LogP contribution in [0.15, 0.2) is 24.4 Å². The van der Waals surface area contributed by atoms with E-state index in [1.165, 1.54) is 9.58 Å². The number of amides is 3. The van der Waals surface area contributed by atoms with Crippen LogP contribution in [0.5, 0.6) is 0 Å². The molecule has 9 heteroatoms. The number of aromatic nitrogens is 2. The molecule has 0 saturated carbocycles. The van der Waals surface area contributed by atoms with Crippen molar-refractivity contribution < 1.29 is 19.5 Å². The van der Waals surface area contributed by atoms with Crippen LogP contribution in [0.3, 0.4) is 0 Å². The molecule has 9 nitrogen and oxygen atoms in total. The summed E-state index contributed by atoms with van der Waals surface area (Å²) in [6.07, 6.45) is 0.694. The number of fused-ring (bicyclic) bond motifs is 1. The molecule has 0 bridgehead atoms. The van der Waals surface area contributed by atoms with Gasteiger partial charge in [0.2, 0.25) is 11.8 Å². The molecule has 0 atom stereocenters. The molecule has 0 radical (unpaired) electrons. The van der Waals surface area contributed by atoms with Crippen LogP contribution in [0.2, 0.25) is 0 Å². The summed E-state index contributed by atoms with van der Waals surface area (Å²) in [5, 5.41) is 14.7. The maximum absolute atomic E-state index is 12.6. The van der Waals surface area contributed by atoms with Gasteiger partial charge in [-0.25, -0.2) is 4.79 Å². The number of hydrogen-bond acceptors (Lipinski definition) is 4. The Bertz CT molecular complexity index is 946. The molecular formula is C20H27N5O4. The summed E-state index contributed by atoms with van der Waals surface area (Å²) >= 11 is 0. The van der Waals surface area contributed by atoms with E-state index < -0.39 is 11.6 Å². The first-order valence-electron chi connectivity index (χ1n) is 9.66. The molecule has 3 amide bonds. The maximum atomic E-state index is 12.6. The number of nitrogens with zero attached hydrogens (tertiary/aromatic N) is 5. The number of anilines is 1. The van der Waals surface area contributed by atoms with Crippen molar-refractivity contribution in [3.8, 4) is 0 Å². The topological polar surface area (TPSA) is 99.0 Å². The smallest absolute Gasteiger partial charge is 0.412 e. The number of carbonyl (C=O) groups is 3. The van der Waals surface area contributed by atoms with Gasteiger partial charge >= 0.3 is 6.09 Å². The first kappa shape index (κ1) is 20.6. The van der Waals surface area contributed by atoms with Gasteiger partial charge < -0.3 is 14.9 Å². The highest BCUT2D eigenvalue weighted by molar-refractivity contribution is 5.92. The Balaban J connectivity index is 1.77. The molecule has 29 heavy (non-hydrogen) atoms. The van der Waals surface area contributed by atoms with E-state index in [1.54, 1.807) is 34.2 Å². The average Bonchev–Trinajstić information content (AvgIpc) is 3.01. The van der Waals surface area contributed by atoms with Crippen molar-refractivity contribution >= 4 is 34.5 Å². The minimum atomic E-state index is -1.03. The zero-order valence-corrected chi connectivity index (χ0v) is 17.3. The van der Waals surface area contributed by atoms with E-state index in [0.717, 1.165) is 5.39 Å². The van der Waals surface area contributed by atoms with Gasteiger partial charge in [0.15, 0.2) is 0 Å². The Hall–Kier alpha value is -3.10. The molecule has 1 aromatic carbocycles. The van der Waals surface area contributed by atoms with Crippen LogP contribution in [0, 0.1) is 0 Å². The summed E-state index contributed by atoms with van der Waals surface area (Å²) in [5.41, 5.74) is 0.621. The summed E-state index contributed by atoms with van der Waals surface area (Å²) in [6, 6.07) is 5.21. The van der Waals surface area contributed by atoms with Gasteiger partial charge in [-0.3, -0.25) is 19.2 Å². The Morgan fingerprint density at radius 2 is 1.97 bits per heavy atom. The van der Waals surface area contributed by atoms with Crippen LogP contribution < -0.4 is 4.90 Å². The van der Waals surface area contributed by atoms with Crippen molar-refractivity contribution in [3.05, 3.63) is 24.4 Å². The Labute approximate surface area is 169 Å². The van der Waals surface area contributed by atoms with Crippen LogP contribution in [0.1, 0.15) is 27.7 Å². The lowest BCUT2D eigenvalue weighted by atomic mass is 10.1. The van der Waals surface area contributed by atoms with Gasteiger partial charge in [-0.1, -0.05) is 0 Å². The molecule has 0 spiro atoms. The monoisotopic (exact) mass is 401 g/mol. The molecule has 1 fully saturated rings. The lowest BCUT2D eigenvalue weighted by Gasteiger charge is -2.33. The number of likely N-dealkylation sites (N-methyl/N-ethyl adjacent to an activating group) is 1. The molecule has 156 valence electrons. The largest absolute Gasteiger partial charge is 0.465 e. The first-order valence-corrected chi connectivity index (χ1v) is 9.66. The van der Waals surface area contributed by atoms with Crippen molar-refractivity contribution in [1.82, 2.24) is 19.6 Å². The fourth-order valence-electron chi connectivity index (χ4n) is 3.56. The summed E-state index contributed by atoms with van der Waals surface area (Å²) in [4.78, 5) is 40.9. The number of carbonyl (C=O) groups excluding carboxylic acids is 2. The van der Waals surface area contributed by atoms with Gasteiger partial charge in [0.1, 0.15) is 6.54 Å². The summed E-state index contributed by atoms with van der Waals surface area (Å²) in [5.74, 6) is -0.206. The Morgan fingerprint density at radius 1 is 1.24 bits per heavy atom. The number of hydrogen-bond donors (Lipinski definition) is 1. The van der Waals surface area contributed by atoms with Gasteiger partial charge in [0, 0.05) is 42.4 Å². The van der Waals surface area contributed by atoms with Gasteiger partial charge in [-0.15, -0.1) is 0 Å². The van der Waals surface area contributed by atoms with Crippen LogP contribution in [0.4, 0.5) is 10.5 Å². The van der Waals surface area contributed by atoms with E-state index in [4.69, 9.17) is 0 Å². The highest BCUT2D eigenvalue weighted by Crippen LogP contribution is 2.27. The third-order valence-electron chi connectivity index (χ3n) is 5.01. The molecular weight excluding hydrogens is 374 g/mol. The van der Waals surface area contributed by atoms with Crippen LogP contribution in [-0.4, -0.2) is 74.3 Å². The molecule has 2 aromatic rings. The zero-order chi connectivity index (χ0) is 21.3. The second kappa shape index (κ2) is 7.73. The normalized spacial score (nSPS) is 15.1. The van der Waals surface area contributed by atoms with E-state index in [2.05, 4.69) is 5.10 Å². The zero-order valence-electron chi connectivity index (χ0n) is 17.3. The summed E-state index contributed by atoms with van der Waals surface area (Å²) in [7, 11) is 0. The van der Waals surface area contributed by atoms with Crippen molar-refractivity contribution in [1.29, 1.82) is 0 Å². The number of rotatable bonds is 4. The highest BCUT2D eigenvalue weighted by Gasteiger charge is 2.28. The van der Waals surface area contributed by atoms with Gasteiger partial charge in [0.25, 0.3) is 0 Å². The molecule has 0 aliphatic carbocycles. The molecule has 0 unspecified atom stereocenters. The lowest BCUT2D eigenvalue weighted by molar-refractivity contribution is -0.145. The molecule has 1 aliphatic rings. The third-order valence-corrected chi connectivity index (χ3v) is 5.01. The molecule has 2 heterocycles. The maximum Gasteiger partial charge on any atom is 0.412 e. The number of piperazine rings is 1. The quantitative estimate of drug-likeness (QED) is 0.845. The molecule has 1 aromatic heterocycles. The number of carboxylic acid groups (broad SMARTS) is 1. The van der Waals surface area contributed by atoms with E-state index >= 15 is 0 Å². The van der Waals surface area contributed by atoms with Crippen molar-refractivity contribution in [3.63, 3.8) is 0 Å². The predicted octanol–water partition coefficient (Wildman–Crippen LogP) is 2.01. The fourth-order valence-corrected chi connectivity index (χ4v) is 3.56. The predicted molar refractivity (Wildman–Crippen MR) is 109 cm³/mol. The van der Waals surface area contributed by atoms with Crippen LogP contribution in [0.25, 0.3) is 10.9 Å². The SMILES string of the molecule is CCN1CCN(C(=O)Cn2cc3cc(N(C(=O)O)C(C)(C)C)ccc3n2)CC1=O. The lowest BCUT2D eigenvalue weighted by Crippen LogP contribution is -2.52. The van der Waals surface area contributed by atoms with Crippen molar-refractivity contribution in [2.24, 2.45) is 0 Å². The minimum absolute atomic E-state index is 0.0331. The summed E-state index contributed by atoms with van der Waals surface area (Å²) < 4.78 is 1.54. The Morgan fingerprint density at radius 3 is 2.55 bits per heavy atom. The standard InChI is InChI=1S/C20H27N5O4/c1-5-22-8-9-23(12-17(22)26)18(27)13-24-11-14-10-15(6-7-16(14)21-24)25(19(28)29)20(2,3)4/h6-7,10-11H,5,8-9,12-13H2,1-4H3,(H,28,29). The van der Waals surface area contributed by atoms with E-state index in [-0.39, 0.29) is 24.9 Å². The third kappa shape index (κ3) is 4.33. The molecule has 1 N–H and O–H groups in total. The second-order valence-corrected chi connectivity index (χ2v) is 8.15. The van der Waals surface area contributed by atoms with E-state index in [9.17, 15) is 19.5 Å². The highest BCUT2D eigenvalue weighted by atomic mass is 16.4. The number of benzene rings is 1. The van der Waals surface area contributed by atoms with E-state index in [1.807, 2.05) is 27.7 Å². The van der Waals surface area contributed by atoms with Gasteiger partial charge in [-0.05, 0) is 45.9 Å². The van der Waals surface area contributed by atoms with Crippen molar-refractivity contribution in [2.75, 3.05) is 31.1 Å². The first-order chi connectivity index (χ1) is 13.6. The van der Waals surface area contributed by atoms with E-state index in [0.29, 0.717) is 30.8 Å². The second-order valence-electron chi connectivity index (χ2n) is 8.15. The fraction of sp³-hybridized carbons (Fsp3) is 0.500. The van der Waals surface area contributed by atoms with Crippen LogP contribution >= 0.6 is 0 Å². The molecule has 1 aliphatic heterocycles. The van der Waals surface area contributed by atoms with Gasteiger partial charge in [0.05, 0.1) is 12.1 Å². The Kier molecular flexibility index (Phi) is 5.50. The molecule has 3 rings (SSSR count). The summed E-state index contributed by atoms with van der Waals surface area (Å²) in [6.45, 7) is 9.24.